The Morgan fingerprint density at radius 1 is 1.19 bits per heavy atom. The number of aromatic nitrogens is 2. The topological polar surface area (TPSA) is 53.4 Å². The van der Waals surface area contributed by atoms with Crippen LogP contribution < -0.4 is 5.32 Å². The van der Waals surface area contributed by atoms with Gasteiger partial charge in [0.25, 0.3) is 0 Å². The summed E-state index contributed by atoms with van der Waals surface area (Å²) in [5, 5.41) is 7.68. The summed E-state index contributed by atoms with van der Waals surface area (Å²) in [5.74, 6) is 0.852. The molecule has 0 spiro atoms. The summed E-state index contributed by atoms with van der Waals surface area (Å²) >= 11 is 3.40. The summed E-state index contributed by atoms with van der Waals surface area (Å²) in [6, 6.07) is 10.3. The fourth-order valence-electron chi connectivity index (χ4n) is 2.64. The predicted molar refractivity (Wildman–Crippen MR) is 126 cm³/mol. The third-order valence-electron chi connectivity index (χ3n) is 3.96. The van der Waals surface area contributed by atoms with Crippen molar-refractivity contribution in [3.63, 3.8) is 0 Å². The average molecular weight is 513 g/mol. The summed E-state index contributed by atoms with van der Waals surface area (Å²) in [5.41, 5.74) is 3.29. The molecule has 0 unspecified atom stereocenters. The molecule has 2 aromatic heterocycles. The molecule has 3 aromatic rings. The van der Waals surface area contributed by atoms with Crippen LogP contribution in [0.15, 0.2) is 40.7 Å². The lowest BCUT2D eigenvalue weighted by atomic mass is 10.2. The molecular weight excluding hydrogens is 489 g/mol. The molecule has 0 radical (unpaired) electrons. The van der Waals surface area contributed by atoms with Crippen LogP contribution >= 0.6 is 46.7 Å². The van der Waals surface area contributed by atoms with Crippen molar-refractivity contribution in [1.29, 1.82) is 0 Å². The Hall–Kier alpha value is -1.52. The molecule has 144 valence electrons. The van der Waals surface area contributed by atoms with E-state index < -0.39 is 0 Å². The number of hydrogen-bond donors (Lipinski definition) is 1. The van der Waals surface area contributed by atoms with E-state index in [-0.39, 0.29) is 24.0 Å². The van der Waals surface area contributed by atoms with Gasteiger partial charge >= 0.3 is 0 Å². The van der Waals surface area contributed by atoms with Gasteiger partial charge in [-0.3, -0.25) is 4.99 Å². The Morgan fingerprint density at radius 3 is 2.56 bits per heavy atom. The lowest BCUT2D eigenvalue weighted by Gasteiger charge is -2.21. The lowest BCUT2D eigenvalue weighted by molar-refractivity contribution is 0.471. The molecular formula is C19H24IN5S2. The number of aliphatic imine (C=N–C) groups is 1. The third-order valence-corrected chi connectivity index (χ3v) is 5.99. The van der Waals surface area contributed by atoms with Crippen LogP contribution in [-0.2, 0) is 13.1 Å². The Morgan fingerprint density at radius 2 is 1.93 bits per heavy atom. The molecule has 0 aliphatic heterocycles. The molecule has 0 fully saturated rings. The zero-order valence-corrected chi connectivity index (χ0v) is 19.9. The van der Waals surface area contributed by atoms with Gasteiger partial charge in [-0.2, -0.15) is 0 Å². The Kier molecular flexibility index (Phi) is 8.18. The highest BCUT2D eigenvalue weighted by molar-refractivity contribution is 14.0. The minimum absolute atomic E-state index is 0. The van der Waals surface area contributed by atoms with Crippen LogP contribution in [0.1, 0.15) is 21.3 Å². The number of hydrogen-bond acceptors (Lipinski definition) is 5. The molecule has 0 atom stereocenters. The molecule has 2 heterocycles. The first-order chi connectivity index (χ1) is 12.6. The fourth-order valence-corrected chi connectivity index (χ4v) is 4.25. The van der Waals surface area contributed by atoms with E-state index in [1.54, 1.807) is 29.7 Å². The maximum absolute atomic E-state index is 4.72. The van der Waals surface area contributed by atoms with Crippen molar-refractivity contribution in [3.05, 3.63) is 57.0 Å². The molecule has 0 saturated heterocycles. The van der Waals surface area contributed by atoms with Crippen molar-refractivity contribution in [2.45, 2.75) is 26.9 Å². The second-order valence-corrected chi connectivity index (χ2v) is 8.15. The molecule has 0 aliphatic rings. The molecule has 3 rings (SSSR count). The van der Waals surface area contributed by atoms with Gasteiger partial charge in [0.15, 0.2) is 5.96 Å². The second-order valence-electron chi connectivity index (χ2n) is 6.01. The van der Waals surface area contributed by atoms with E-state index in [2.05, 4.69) is 44.6 Å². The van der Waals surface area contributed by atoms with Gasteiger partial charge in [-0.25, -0.2) is 9.97 Å². The summed E-state index contributed by atoms with van der Waals surface area (Å²) in [6.07, 6.45) is 0. The Balaban J connectivity index is 0.00000261. The van der Waals surface area contributed by atoms with Gasteiger partial charge in [0, 0.05) is 29.9 Å². The fraction of sp³-hybridized carbons (Fsp3) is 0.316. The zero-order chi connectivity index (χ0) is 18.5. The minimum atomic E-state index is 0. The van der Waals surface area contributed by atoms with Crippen LogP contribution in [0.3, 0.4) is 0 Å². The van der Waals surface area contributed by atoms with Crippen LogP contribution in [0.25, 0.3) is 10.6 Å². The quantitative estimate of drug-likeness (QED) is 0.305. The summed E-state index contributed by atoms with van der Waals surface area (Å²) < 4.78 is 0. The minimum Gasteiger partial charge on any atom is -0.351 e. The molecule has 0 aliphatic carbocycles. The number of nitrogens with zero attached hydrogens (tertiary/aromatic N) is 4. The molecule has 0 saturated carbocycles. The van der Waals surface area contributed by atoms with Crippen LogP contribution in [0.2, 0.25) is 0 Å². The predicted octanol–water partition coefficient (Wildman–Crippen LogP) is 4.71. The van der Waals surface area contributed by atoms with Crippen molar-refractivity contribution < 1.29 is 0 Å². The molecule has 1 aromatic carbocycles. The zero-order valence-electron chi connectivity index (χ0n) is 15.9. The van der Waals surface area contributed by atoms with Gasteiger partial charge in [-0.15, -0.1) is 46.7 Å². The highest BCUT2D eigenvalue weighted by Gasteiger charge is 2.12. The van der Waals surface area contributed by atoms with Gasteiger partial charge in [-0.1, -0.05) is 30.3 Å². The number of benzene rings is 1. The van der Waals surface area contributed by atoms with Gasteiger partial charge in [0.05, 0.1) is 29.5 Å². The summed E-state index contributed by atoms with van der Waals surface area (Å²) in [7, 11) is 3.83. The second kappa shape index (κ2) is 10.1. The molecule has 27 heavy (non-hydrogen) atoms. The summed E-state index contributed by atoms with van der Waals surface area (Å²) in [6.45, 7) is 5.53. The first kappa shape index (κ1) is 21.8. The van der Waals surface area contributed by atoms with Crippen LogP contribution in [0.5, 0.6) is 0 Å². The van der Waals surface area contributed by atoms with Crippen molar-refractivity contribution in [2.24, 2.45) is 4.99 Å². The van der Waals surface area contributed by atoms with Crippen LogP contribution in [0, 0.1) is 13.8 Å². The van der Waals surface area contributed by atoms with Gasteiger partial charge in [0.2, 0.25) is 0 Å². The van der Waals surface area contributed by atoms with Crippen LogP contribution in [-0.4, -0.2) is 34.9 Å². The Bertz CT molecular complexity index is 889. The van der Waals surface area contributed by atoms with Crippen molar-refractivity contribution in [3.8, 4) is 10.6 Å². The smallest absolute Gasteiger partial charge is 0.194 e. The number of thiazole rings is 2. The van der Waals surface area contributed by atoms with E-state index in [0.29, 0.717) is 6.54 Å². The SMILES string of the molecule is CN=C(NCc1sc(-c2ccccc2)nc1C)N(C)Cc1csc(C)n1.I. The molecule has 1 N–H and O–H groups in total. The van der Waals surface area contributed by atoms with E-state index >= 15 is 0 Å². The van der Waals surface area contributed by atoms with E-state index in [4.69, 9.17) is 4.98 Å². The normalized spacial score (nSPS) is 11.2. The molecule has 0 bridgehead atoms. The first-order valence-electron chi connectivity index (χ1n) is 8.41. The van der Waals surface area contributed by atoms with Crippen molar-refractivity contribution in [2.75, 3.05) is 14.1 Å². The standard InChI is InChI=1S/C19H23N5S2.HI/c1-13-17(26-18(22-13)15-8-6-5-7-9-15)10-21-19(20-3)24(4)11-16-12-25-14(2)23-16;/h5-9,12H,10-11H2,1-4H3,(H,20,21);1H. The highest BCUT2D eigenvalue weighted by Crippen LogP contribution is 2.27. The van der Waals surface area contributed by atoms with Crippen molar-refractivity contribution in [1.82, 2.24) is 20.2 Å². The van der Waals surface area contributed by atoms with E-state index in [0.717, 1.165) is 39.5 Å². The molecule has 8 heteroatoms. The van der Waals surface area contributed by atoms with Crippen LogP contribution in [0.4, 0.5) is 0 Å². The van der Waals surface area contributed by atoms with Crippen molar-refractivity contribution >= 4 is 52.6 Å². The number of halogens is 1. The van der Waals surface area contributed by atoms with E-state index in [1.807, 2.05) is 32.2 Å². The third kappa shape index (κ3) is 5.73. The maximum atomic E-state index is 4.72. The number of aryl methyl sites for hydroxylation is 2. The highest BCUT2D eigenvalue weighted by atomic mass is 127. The number of guanidine groups is 1. The first-order valence-corrected chi connectivity index (χ1v) is 10.1. The summed E-state index contributed by atoms with van der Waals surface area (Å²) in [4.78, 5) is 16.9. The van der Waals surface area contributed by atoms with Gasteiger partial charge in [-0.05, 0) is 13.8 Å². The number of rotatable bonds is 5. The monoisotopic (exact) mass is 513 g/mol. The average Bonchev–Trinajstić information content (AvgIpc) is 3.22. The molecule has 0 amide bonds. The molecule has 5 nitrogen and oxygen atoms in total. The lowest BCUT2D eigenvalue weighted by Crippen LogP contribution is -2.38. The maximum Gasteiger partial charge on any atom is 0.194 e. The Labute approximate surface area is 185 Å². The van der Waals surface area contributed by atoms with E-state index in [1.165, 1.54) is 4.88 Å². The largest absolute Gasteiger partial charge is 0.351 e. The van der Waals surface area contributed by atoms with Gasteiger partial charge in [0.1, 0.15) is 5.01 Å². The number of nitrogens with one attached hydrogen (secondary N) is 1. The van der Waals surface area contributed by atoms with E-state index in [9.17, 15) is 0 Å². The van der Waals surface area contributed by atoms with Gasteiger partial charge < -0.3 is 10.2 Å².